The minimum atomic E-state index is -1.22. The fourth-order valence-corrected chi connectivity index (χ4v) is 0.820. The van der Waals surface area contributed by atoms with E-state index in [2.05, 4.69) is 0 Å². The number of carbonyl (C=O) groups is 1. The van der Waals surface area contributed by atoms with E-state index in [9.17, 15) is 9.90 Å². The van der Waals surface area contributed by atoms with Gasteiger partial charge in [0.2, 0.25) is 0 Å². The first-order valence-electron chi connectivity index (χ1n) is 3.43. The first kappa shape index (κ1) is 8.33. The van der Waals surface area contributed by atoms with Gasteiger partial charge in [0, 0.05) is 5.69 Å². The molecule has 0 aliphatic heterocycles. The Morgan fingerprint density at radius 2 is 2.08 bits per heavy atom. The largest absolute Gasteiger partial charge is 0.545 e. The van der Waals surface area contributed by atoms with Crippen molar-refractivity contribution in [1.82, 2.24) is 0 Å². The smallest absolute Gasteiger partial charge is 0.0643 e. The molecule has 2 N–H and O–H groups in total. The summed E-state index contributed by atoms with van der Waals surface area (Å²) in [5, 5.41) is 10.0. The molecule has 0 radical (unpaired) electrons. The highest BCUT2D eigenvalue weighted by Gasteiger charge is 1.90. The third kappa shape index (κ3) is 2.12. The van der Waals surface area contributed by atoms with Crippen molar-refractivity contribution in [3.05, 3.63) is 35.9 Å². The van der Waals surface area contributed by atoms with Crippen LogP contribution in [0.2, 0.25) is 0 Å². The third-order valence-electron chi connectivity index (χ3n) is 1.39. The van der Waals surface area contributed by atoms with Crippen molar-refractivity contribution in [2.45, 2.75) is 0 Å². The number of hydrogen-bond donors (Lipinski definition) is 1. The Bertz CT molecular complexity index is 318. The molecule has 0 saturated heterocycles. The standard InChI is InChI=1S/C9H9NO2/c10-8-4-2-1-3-7(8)5-6-9(11)12/h1-6H,10H2,(H,11,12)/p-1/b6-5+. The molecule has 0 aliphatic carbocycles. The van der Waals surface area contributed by atoms with Crippen LogP contribution in [0, 0.1) is 0 Å². The average molecular weight is 162 g/mol. The van der Waals surface area contributed by atoms with Crippen molar-refractivity contribution in [3.8, 4) is 0 Å². The minimum absolute atomic E-state index is 0.551. The number of rotatable bonds is 2. The van der Waals surface area contributed by atoms with E-state index >= 15 is 0 Å². The van der Waals surface area contributed by atoms with Crippen LogP contribution in [0.25, 0.3) is 6.08 Å². The van der Waals surface area contributed by atoms with Gasteiger partial charge in [-0.05, 0) is 17.7 Å². The topological polar surface area (TPSA) is 66.2 Å². The number of aliphatic carboxylic acids is 1. The molecule has 62 valence electrons. The van der Waals surface area contributed by atoms with E-state index in [4.69, 9.17) is 5.73 Å². The first-order chi connectivity index (χ1) is 5.70. The number of carboxylic acid groups (broad SMARTS) is 1. The van der Waals surface area contributed by atoms with Crippen LogP contribution in [0.5, 0.6) is 0 Å². The van der Waals surface area contributed by atoms with E-state index < -0.39 is 5.97 Å². The van der Waals surface area contributed by atoms with Gasteiger partial charge < -0.3 is 15.6 Å². The number of hydrogen-bond acceptors (Lipinski definition) is 3. The second-order valence-corrected chi connectivity index (χ2v) is 2.28. The van der Waals surface area contributed by atoms with Crippen molar-refractivity contribution in [2.75, 3.05) is 5.73 Å². The molecule has 0 atom stereocenters. The number of para-hydroxylation sites is 1. The number of carboxylic acids is 1. The molecule has 12 heavy (non-hydrogen) atoms. The Morgan fingerprint density at radius 1 is 1.42 bits per heavy atom. The third-order valence-corrected chi connectivity index (χ3v) is 1.39. The van der Waals surface area contributed by atoms with Crippen molar-refractivity contribution < 1.29 is 9.90 Å². The summed E-state index contributed by atoms with van der Waals surface area (Å²) in [7, 11) is 0. The van der Waals surface area contributed by atoms with Crippen LogP contribution in [0.1, 0.15) is 5.56 Å². The number of benzene rings is 1. The molecule has 0 aliphatic rings. The van der Waals surface area contributed by atoms with Gasteiger partial charge in [-0.1, -0.05) is 24.3 Å². The molecule has 0 spiro atoms. The van der Waals surface area contributed by atoms with Gasteiger partial charge in [-0.25, -0.2) is 0 Å². The summed E-state index contributed by atoms with van der Waals surface area (Å²) in [5.74, 6) is -1.22. The van der Waals surface area contributed by atoms with Crippen molar-refractivity contribution >= 4 is 17.7 Å². The predicted octanol–water partition coefficient (Wildman–Crippen LogP) is 0.0319. The summed E-state index contributed by atoms with van der Waals surface area (Å²) in [4.78, 5) is 10.0. The molecular formula is C9H8NO2-. The maximum absolute atomic E-state index is 10.0. The summed E-state index contributed by atoms with van der Waals surface area (Å²) in [6.45, 7) is 0. The Labute approximate surface area is 70.1 Å². The lowest BCUT2D eigenvalue weighted by molar-refractivity contribution is -0.297. The fraction of sp³-hybridized carbons (Fsp3) is 0. The quantitative estimate of drug-likeness (QED) is 0.493. The summed E-state index contributed by atoms with van der Waals surface area (Å²) < 4.78 is 0. The molecule has 1 aromatic carbocycles. The molecule has 3 heteroatoms. The van der Waals surface area contributed by atoms with Crippen LogP contribution >= 0.6 is 0 Å². The fourth-order valence-electron chi connectivity index (χ4n) is 0.820. The molecule has 1 rings (SSSR count). The summed E-state index contributed by atoms with van der Waals surface area (Å²) in [5.41, 5.74) is 6.78. The van der Waals surface area contributed by atoms with E-state index in [1.165, 1.54) is 6.08 Å². The molecule has 0 unspecified atom stereocenters. The zero-order valence-corrected chi connectivity index (χ0v) is 6.36. The first-order valence-corrected chi connectivity index (χ1v) is 3.43. The van der Waals surface area contributed by atoms with Crippen LogP contribution < -0.4 is 10.8 Å². The highest BCUT2D eigenvalue weighted by atomic mass is 16.4. The summed E-state index contributed by atoms with van der Waals surface area (Å²) >= 11 is 0. The Morgan fingerprint density at radius 3 is 2.67 bits per heavy atom. The number of nitrogen functional groups attached to an aromatic ring is 1. The van der Waals surface area contributed by atoms with Crippen LogP contribution in [0.3, 0.4) is 0 Å². The molecule has 0 heterocycles. The van der Waals surface area contributed by atoms with Gasteiger partial charge in [-0.3, -0.25) is 0 Å². The Kier molecular flexibility index (Phi) is 2.48. The van der Waals surface area contributed by atoms with Gasteiger partial charge in [0.05, 0.1) is 5.97 Å². The second-order valence-electron chi connectivity index (χ2n) is 2.28. The monoisotopic (exact) mass is 162 g/mol. The van der Waals surface area contributed by atoms with Gasteiger partial charge in [0.15, 0.2) is 0 Å². The molecule has 0 aromatic heterocycles. The average Bonchev–Trinajstić information content (AvgIpc) is 2.03. The zero-order valence-electron chi connectivity index (χ0n) is 6.36. The SMILES string of the molecule is Nc1ccccc1/C=C/C(=O)[O-]. The lowest BCUT2D eigenvalue weighted by atomic mass is 10.2. The van der Waals surface area contributed by atoms with Crippen LogP contribution in [-0.4, -0.2) is 5.97 Å². The van der Waals surface area contributed by atoms with E-state index in [0.29, 0.717) is 11.3 Å². The maximum atomic E-state index is 10.0. The molecule has 0 saturated carbocycles. The van der Waals surface area contributed by atoms with E-state index in [-0.39, 0.29) is 0 Å². The van der Waals surface area contributed by atoms with Crippen LogP contribution in [0.4, 0.5) is 5.69 Å². The lowest BCUT2D eigenvalue weighted by Crippen LogP contribution is -2.18. The molecule has 0 amide bonds. The Hall–Kier alpha value is -1.77. The second kappa shape index (κ2) is 3.57. The van der Waals surface area contributed by atoms with Gasteiger partial charge in [0.25, 0.3) is 0 Å². The van der Waals surface area contributed by atoms with Crippen molar-refractivity contribution in [1.29, 1.82) is 0 Å². The number of nitrogens with two attached hydrogens (primary N) is 1. The minimum Gasteiger partial charge on any atom is -0.545 e. The summed E-state index contributed by atoms with van der Waals surface area (Å²) in [6.07, 6.45) is 2.36. The van der Waals surface area contributed by atoms with E-state index in [0.717, 1.165) is 6.08 Å². The van der Waals surface area contributed by atoms with E-state index in [1.54, 1.807) is 24.3 Å². The predicted molar refractivity (Wildman–Crippen MR) is 44.9 cm³/mol. The van der Waals surface area contributed by atoms with Gasteiger partial charge in [0.1, 0.15) is 0 Å². The van der Waals surface area contributed by atoms with Crippen molar-refractivity contribution in [2.24, 2.45) is 0 Å². The van der Waals surface area contributed by atoms with Crippen LogP contribution in [-0.2, 0) is 4.79 Å². The number of anilines is 1. The lowest BCUT2D eigenvalue weighted by Gasteiger charge is -1.98. The normalized spacial score (nSPS) is 10.3. The number of carbonyl (C=O) groups excluding carboxylic acids is 1. The highest BCUT2D eigenvalue weighted by Crippen LogP contribution is 2.11. The van der Waals surface area contributed by atoms with Gasteiger partial charge in [-0.15, -0.1) is 0 Å². The van der Waals surface area contributed by atoms with Gasteiger partial charge in [-0.2, -0.15) is 0 Å². The molecule has 1 aromatic rings. The zero-order chi connectivity index (χ0) is 8.97. The maximum Gasteiger partial charge on any atom is 0.0643 e. The molecular weight excluding hydrogens is 154 g/mol. The summed E-state index contributed by atoms with van der Waals surface area (Å²) in [6, 6.07) is 7.00. The molecule has 0 bridgehead atoms. The van der Waals surface area contributed by atoms with Gasteiger partial charge >= 0.3 is 0 Å². The van der Waals surface area contributed by atoms with E-state index in [1.807, 2.05) is 0 Å². The van der Waals surface area contributed by atoms with Crippen LogP contribution in [0.15, 0.2) is 30.3 Å². The van der Waals surface area contributed by atoms with Crippen molar-refractivity contribution in [3.63, 3.8) is 0 Å². The molecule has 0 fully saturated rings. The Balaban J connectivity index is 2.89. The molecule has 3 nitrogen and oxygen atoms in total. The highest BCUT2D eigenvalue weighted by molar-refractivity contribution is 5.85.